The van der Waals surface area contributed by atoms with E-state index in [1.807, 2.05) is 13.8 Å². The fourth-order valence-corrected chi connectivity index (χ4v) is 3.42. The third kappa shape index (κ3) is 5.97. The molecule has 0 aliphatic carbocycles. The highest BCUT2D eigenvalue weighted by molar-refractivity contribution is 7.89. The van der Waals surface area contributed by atoms with Crippen molar-refractivity contribution in [3.63, 3.8) is 0 Å². The molecule has 0 radical (unpaired) electrons. The van der Waals surface area contributed by atoms with Gasteiger partial charge in [0.15, 0.2) is 0 Å². The summed E-state index contributed by atoms with van der Waals surface area (Å²) < 4.78 is 37.6. The predicted molar refractivity (Wildman–Crippen MR) is 104 cm³/mol. The molecule has 0 unspecified atom stereocenters. The summed E-state index contributed by atoms with van der Waals surface area (Å²) in [5.41, 5.74) is 1.24. The van der Waals surface area contributed by atoms with Crippen LogP contribution in [-0.2, 0) is 14.8 Å². The number of hydrogen-bond acceptors (Lipinski definition) is 5. The van der Waals surface area contributed by atoms with Gasteiger partial charge in [-0.2, -0.15) is 0 Å². The molecule has 8 heteroatoms. The zero-order valence-electron chi connectivity index (χ0n) is 15.8. The predicted octanol–water partition coefficient (Wildman–Crippen LogP) is 2.71. The molecule has 2 rings (SSSR count). The van der Waals surface area contributed by atoms with Crippen molar-refractivity contribution in [3.05, 3.63) is 48.0 Å². The summed E-state index contributed by atoms with van der Waals surface area (Å²) in [6.07, 6.45) is 0.0569. The molecule has 7 nitrogen and oxygen atoms in total. The van der Waals surface area contributed by atoms with E-state index in [4.69, 9.17) is 9.47 Å². The van der Waals surface area contributed by atoms with Gasteiger partial charge in [-0.05, 0) is 68.8 Å². The molecule has 0 saturated heterocycles. The van der Waals surface area contributed by atoms with Crippen LogP contribution in [0.25, 0.3) is 0 Å². The first kappa shape index (κ1) is 20.7. The maximum atomic E-state index is 12.3. The highest BCUT2D eigenvalue weighted by Gasteiger charge is 2.17. The van der Waals surface area contributed by atoms with E-state index in [-0.39, 0.29) is 17.5 Å². The van der Waals surface area contributed by atoms with Gasteiger partial charge in [-0.25, -0.2) is 13.1 Å². The van der Waals surface area contributed by atoms with Crippen molar-refractivity contribution < 1.29 is 22.7 Å². The molecule has 0 aliphatic rings. The zero-order chi connectivity index (χ0) is 20.0. The van der Waals surface area contributed by atoms with Gasteiger partial charge in [0, 0.05) is 5.69 Å². The van der Waals surface area contributed by atoms with Crippen molar-refractivity contribution in [2.24, 2.45) is 0 Å². The van der Waals surface area contributed by atoms with Crippen LogP contribution >= 0.6 is 0 Å². The average Bonchev–Trinajstić information content (AvgIpc) is 2.61. The van der Waals surface area contributed by atoms with Gasteiger partial charge in [-0.15, -0.1) is 0 Å². The zero-order valence-corrected chi connectivity index (χ0v) is 16.6. The Morgan fingerprint density at radius 1 is 1.11 bits per heavy atom. The fourth-order valence-electron chi connectivity index (χ4n) is 2.36. The van der Waals surface area contributed by atoms with Gasteiger partial charge in [0.2, 0.25) is 15.9 Å². The molecule has 0 heterocycles. The van der Waals surface area contributed by atoms with Gasteiger partial charge in [0.25, 0.3) is 0 Å². The van der Waals surface area contributed by atoms with Crippen LogP contribution in [0.15, 0.2) is 47.4 Å². The van der Waals surface area contributed by atoms with Crippen LogP contribution in [0.2, 0.25) is 0 Å². The molecule has 0 saturated carbocycles. The summed E-state index contributed by atoms with van der Waals surface area (Å²) >= 11 is 0. The Morgan fingerprint density at radius 3 is 2.33 bits per heavy atom. The summed E-state index contributed by atoms with van der Waals surface area (Å²) in [6, 6.07) is 11.4. The lowest BCUT2D eigenvalue weighted by Gasteiger charge is -2.11. The molecule has 0 aromatic heterocycles. The third-order valence-electron chi connectivity index (χ3n) is 3.61. The van der Waals surface area contributed by atoms with Crippen molar-refractivity contribution in [2.45, 2.75) is 31.8 Å². The summed E-state index contributed by atoms with van der Waals surface area (Å²) in [5, 5.41) is 2.63. The number of sulfonamides is 1. The SMILES string of the molecule is COc1ccc(S(=O)(=O)NCC(=O)Nc2ccc(OC(C)C)cc2)cc1C. The van der Waals surface area contributed by atoms with Gasteiger partial charge in [-0.1, -0.05) is 0 Å². The number of nitrogens with one attached hydrogen (secondary N) is 2. The number of aryl methyl sites for hydroxylation is 1. The van der Waals surface area contributed by atoms with Crippen molar-refractivity contribution in [1.29, 1.82) is 0 Å². The molecule has 0 atom stereocenters. The van der Waals surface area contributed by atoms with Gasteiger partial charge >= 0.3 is 0 Å². The molecule has 0 spiro atoms. The number of carbonyl (C=O) groups is 1. The molecule has 27 heavy (non-hydrogen) atoms. The van der Waals surface area contributed by atoms with Gasteiger partial charge in [0.1, 0.15) is 11.5 Å². The Bertz CT molecular complexity index is 893. The Morgan fingerprint density at radius 2 is 1.78 bits per heavy atom. The normalized spacial score (nSPS) is 11.3. The Labute approximate surface area is 159 Å². The minimum absolute atomic E-state index is 0.0569. The number of rotatable bonds is 8. The molecule has 0 bridgehead atoms. The highest BCUT2D eigenvalue weighted by atomic mass is 32.2. The summed E-state index contributed by atoms with van der Waals surface area (Å²) in [4.78, 5) is 12.1. The largest absolute Gasteiger partial charge is 0.496 e. The summed E-state index contributed by atoms with van der Waals surface area (Å²) in [7, 11) is -2.29. The van der Waals surface area contributed by atoms with E-state index in [2.05, 4.69) is 10.0 Å². The highest BCUT2D eigenvalue weighted by Crippen LogP contribution is 2.21. The number of methoxy groups -OCH3 is 1. The second-order valence-electron chi connectivity index (χ2n) is 6.20. The van der Waals surface area contributed by atoms with Crippen LogP contribution in [-0.4, -0.2) is 34.1 Å². The number of ether oxygens (including phenoxy) is 2. The number of hydrogen-bond donors (Lipinski definition) is 2. The first-order valence-electron chi connectivity index (χ1n) is 8.42. The summed E-state index contributed by atoms with van der Waals surface area (Å²) in [5.74, 6) is 0.816. The lowest BCUT2D eigenvalue weighted by Crippen LogP contribution is -2.32. The van der Waals surface area contributed by atoms with E-state index < -0.39 is 15.9 Å². The quantitative estimate of drug-likeness (QED) is 0.720. The standard InChI is InChI=1S/C19H24N2O5S/c1-13(2)26-16-7-5-15(6-8-16)21-19(22)12-20-27(23,24)17-9-10-18(25-4)14(3)11-17/h5-11,13,20H,12H2,1-4H3,(H,21,22). The maximum Gasteiger partial charge on any atom is 0.241 e. The van der Waals surface area contributed by atoms with E-state index in [1.54, 1.807) is 37.3 Å². The van der Waals surface area contributed by atoms with Crippen molar-refractivity contribution >= 4 is 21.6 Å². The Balaban J connectivity index is 1.95. The molecular weight excluding hydrogens is 368 g/mol. The monoisotopic (exact) mass is 392 g/mol. The summed E-state index contributed by atoms with van der Waals surface area (Å²) in [6.45, 7) is 5.22. The smallest absolute Gasteiger partial charge is 0.241 e. The van der Waals surface area contributed by atoms with Crippen LogP contribution in [0.5, 0.6) is 11.5 Å². The number of anilines is 1. The first-order valence-corrected chi connectivity index (χ1v) is 9.90. The topological polar surface area (TPSA) is 93.7 Å². The second kappa shape index (κ2) is 8.88. The van der Waals surface area contributed by atoms with Gasteiger partial charge in [-0.3, -0.25) is 4.79 Å². The fraction of sp³-hybridized carbons (Fsp3) is 0.316. The van der Waals surface area contributed by atoms with E-state index >= 15 is 0 Å². The van der Waals surface area contributed by atoms with Gasteiger partial charge < -0.3 is 14.8 Å². The van der Waals surface area contributed by atoms with E-state index in [0.717, 1.165) is 0 Å². The Kier molecular flexibility index (Phi) is 6.81. The van der Waals surface area contributed by atoms with Gasteiger partial charge in [0.05, 0.1) is 24.7 Å². The first-order chi connectivity index (χ1) is 12.7. The number of carbonyl (C=O) groups excluding carboxylic acids is 1. The van der Waals surface area contributed by atoms with Crippen molar-refractivity contribution in [2.75, 3.05) is 19.0 Å². The molecule has 2 aromatic carbocycles. The minimum atomic E-state index is -3.80. The van der Waals surface area contributed by atoms with Crippen LogP contribution in [0.4, 0.5) is 5.69 Å². The lowest BCUT2D eigenvalue weighted by atomic mass is 10.2. The van der Waals surface area contributed by atoms with Crippen LogP contribution in [0, 0.1) is 6.92 Å². The number of amides is 1. The molecule has 0 aliphatic heterocycles. The minimum Gasteiger partial charge on any atom is -0.496 e. The van der Waals surface area contributed by atoms with Crippen LogP contribution in [0.1, 0.15) is 19.4 Å². The van der Waals surface area contributed by atoms with E-state index in [1.165, 1.54) is 19.2 Å². The molecule has 2 aromatic rings. The Hall–Kier alpha value is -2.58. The lowest BCUT2D eigenvalue weighted by molar-refractivity contribution is -0.115. The molecule has 0 fully saturated rings. The van der Waals surface area contributed by atoms with Crippen LogP contribution in [0.3, 0.4) is 0 Å². The molecule has 146 valence electrons. The average molecular weight is 392 g/mol. The van der Waals surface area contributed by atoms with E-state index in [9.17, 15) is 13.2 Å². The number of benzene rings is 2. The van der Waals surface area contributed by atoms with Crippen LogP contribution < -0.4 is 19.5 Å². The molecular formula is C19H24N2O5S. The van der Waals surface area contributed by atoms with Crippen molar-refractivity contribution in [3.8, 4) is 11.5 Å². The third-order valence-corrected chi connectivity index (χ3v) is 5.01. The molecule has 2 N–H and O–H groups in total. The molecule has 1 amide bonds. The second-order valence-corrected chi connectivity index (χ2v) is 7.96. The van der Waals surface area contributed by atoms with Crippen molar-refractivity contribution in [1.82, 2.24) is 4.72 Å². The van der Waals surface area contributed by atoms with E-state index in [0.29, 0.717) is 22.7 Å². The maximum absolute atomic E-state index is 12.3.